The first-order valence-corrected chi connectivity index (χ1v) is 2.20. The monoisotopic (exact) mass is 146 g/mol. The summed E-state index contributed by atoms with van der Waals surface area (Å²) in [7, 11) is 0. The van der Waals surface area contributed by atoms with Gasteiger partial charge in [0, 0.05) is 0 Å². The van der Waals surface area contributed by atoms with Crippen molar-refractivity contribution in [1.29, 1.82) is 0 Å². The highest BCUT2D eigenvalue weighted by Gasteiger charge is 1.87. The van der Waals surface area contributed by atoms with Crippen LogP contribution in [-0.4, -0.2) is 12.2 Å². The van der Waals surface area contributed by atoms with Gasteiger partial charge in [-0.3, -0.25) is 0 Å². The van der Waals surface area contributed by atoms with Crippen molar-refractivity contribution in [2.24, 2.45) is 11.5 Å². The van der Waals surface area contributed by atoms with Crippen molar-refractivity contribution in [3.8, 4) is 0 Å². The second kappa shape index (κ2) is 4.19. The van der Waals surface area contributed by atoms with Crippen LogP contribution in [0, 0.1) is 0 Å². The number of amides is 2. The average Bonchev–Trinajstić information content (AvgIpc) is 1.79. The molecule has 6 nitrogen and oxygen atoms in total. The molecule has 2 amide bonds. The van der Waals surface area contributed by atoms with E-state index in [2.05, 4.69) is 20.9 Å². The van der Waals surface area contributed by atoms with Gasteiger partial charge in [-0.2, -0.15) is 0 Å². The van der Waals surface area contributed by atoms with Crippen LogP contribution in [0.15, 0.2) is 12.5 Å². The first-order chi connectivity index (χ1) is 4.63. The molecule has 0 radical (unpaired) electrons. The van der Waals surface area contributed by atoms with Gasteiger partial charge in [-0.25, -0.2) is 9.59 Å². The van der Waals surface area contributed by atoms with E-state index in [0.717, 1.165) is 12.5 Å². The summed E-state index contributed by atoms with van der Waals surface area (Å²) in [6.45, 7) is 0. The van der Waals surface area contributed by atoms with Gasteiger partial charge in [0.1, 0.15) is 12.5 Å². The Morgan fingerprint density at radius 2 is 1.30 bits per heavy atom. The molecular formula is C4H6N2O4. The highest BCUT2D eigenvalue weighted by atomic mass is 16.6. The second-order valence-corrected chi connectivity index (χ2v) is 1.15. The Bertz CT molecular complexity index is 147. The Morgan fingerprint density at radius 1 is 1.00 bits per heavy atom. The van der Waals surface area contributed by atoms with E-state index in [1.54, 1.807) is 0 Å². The molecule has 0 aliphatic rings. The lowest BCUT2D eigenvalue weighted by Gasteiger charge is -1.90. The molecule has 0 unspecified atom stereocenters. The molecule has 0 bridgehead atoms. The van der Waals surface area contributed by atoms with Gasteiger partial charge in [0.15, 0.2) is 0 Å². The minimum absolute atomic E-state index is 0.799. The predicted octanol–water partition coefficient (Wildman–Crippen LogP) is -0.352. The Kier molecular flexibility index (Phi) is 3.47. The fourth-order valence-electron chi connectivity index (χ4n) is 0.190. The van der Waals surface area contributed by atoms with Gasteiger partial charge in [0.25, 0.3) is 0 Å². The third-order valence-electron chi connectivity index (χ3n) is 0.424. The maximum atomic E-state index is 9.82. The molecule has 0 aromatic rings. The summed E-state index contributed by atoms with van der Waals surface area (Å²) in [5.41, 5.74) is 9.05. The first kappa shape index (κ1) is 8.28. The molecule has 0 heterocycles. The Hall–Kier alpha value is -1.72. The molecule has 0 aromatic heterocycles. The number of ether oxygens (including phenoxy) is 2. The second-order valence-electron chi connectivity index (χ2n) is 1.15. The highest BCUT2D eigenvalue weighted by Crippen LogP contribution is 1.79. The van der Waals surface area contributed by atoms with Crippen LogP contribution in [0.3, 0.4) is 0 Å². The lowest BCUT2D eigenvalue weighted by Crippen LogP contribution is -2.11. The number of primary amides is 2. The van der Waals surface area contributed by atoms with Crippen molar-refractivity contribution in [1.82, 2.24) is 0 Å². The SMILES string of the molecule is NC(=O)O/C=C/OC(N)=O. The van der Waals surface area contributed by atoms with Gasteiger partial charge in [0.05, 0.1) is 0 Å². The van der Waals surface area contributed by atoms with Gasteiger partial charge in [-0.05, 0) is 0 Å². The van der Waals surface area contributed by atoms with E-state index in [4.69, 9.17) is 0 Å². The molecule has 0 saturated heterocycles. The molecule has 56 valence electrons. The van der Waals surface area contributed by atoms with Crippen molar-refractivity contribution in [2.45, 2.75) is 0 Å². The molecular weight excluding hydrogens is 140 g/mol. The fourth-order valence-corrected chi connectivity index (χ4v) is 0.190. The van der Waals surface area contributed by atoms with Crippen LogP contribution in [0.4, 0.5) is 9.59 Å². The van der Waals surface area contributed by atoms with Gasteiger partial charge in [-0.15, -0.1) is 0 Å². The lowest BCUT2D eigenvalue weighted by molar-refractivity contribution is 0.183. The Balaban J connectivity index is 3.38. The maximum absolute atomic E-state index is 9.82. The van der Waals surface area contributed by atoms with Gasteiger partial charge >= 0.3 is 12.2 Å². The van der Waals surface area contributed by atoms with E-state index >= 15 is 0 Å². The summed E-state index contributed by atoms with van der Waals surface area (Å²) in [5.74, 6) is 0. The summed E-state index contributed by atoms with van der Waals surface area (Å²) in [4.78, 5) is 19.6. The zero-order valence-electron chi connectivity index (χ0n) is 4.94. The van der Waals surface area contributed by atoms with Crippen LogP contribution in [0.1, 0.15) is 0 Å². The quantitative estimate of drug-likeness (QED) is 0.519. The molecule has 0 rings (SSSR count). The standard InChI is InChI=1S/C4H6N2O4/c5-3(7)9-1-2-10-4(6)8/h1-2H,(H2,5,7)(H2,6,8)/b2-1+. The van der Waals surface area contributed by atoms with Crippen LogP contribution in [0.2, 0.25) is 0 Å². The summed E-state index contributed by atoms with van der Waals surface area (Å²) >= 11 is 0. The number of hydrogen-bond donors (Lipinski definition) is 2. The van der Waals surface area contributed by atoms with E-state index < -0.39 is 12.2 Å². The largest absolute Gasteiger partial charge is 0.415 e. The summed E-state index contributed by atoms with van der Waals surface area (Å²) in [6, 6.07) is 0. The number of carbonyl (C=O) groups is 2. The predicted molar refractivity (Wildman–Crippen MR) is 30.5 cm³/mol. The van der Waals surface area contributed by atoms with Crippen LogP contribution in [0.25, 0.3) is 0 Å². The Morgan fingerprint density at radius 3 is 1.50 bits per heavy atom. The molecule has 6 heteroatoms. The van der Waals surface area contributed by atoms with Crippen LogP contribution in [0.5, 0.6) is 0 Å². The molecule has 0 aliphatic heterocycles. The zero-order valence-corrected chi connectivity index (χ0v) is 4.94. The fraction of sp³-hybridized carbons (Fsp3) is 0. The number of nitrogens with two attached hydrogens (primary N) is 2. The van der Waals surface area contributed by atoms with Crippen molar-refractivity contribution in [2.75, 3.05) is 0 Å². The van der Waals surface area contributed by atoms with Crippen LogP contribution in [-0.2, 0) is 9.47 Å². The molecule has 10 heavy (non-hydrogen) atoms. The van der Waals surface area contributed by atoms with Gasteiger partial charge in [0.2, 0.25) is 0 Å². The number of hydrogen-bond acceptors (Lipinski definition) is 4. The first-order valence-electron chi connectivity index (χ1n) is 2.20. The minimum Gasteiger partial charge on any atom is -0.415 e. The molecule has 4 N–H and O–H groups in total. The van der Waals surface area contributed by atoms with E-state index in [1.807, 2.05) is 0 Å². The molecule has 0 atom stereocenters. The van der Waals surface area contributed by atoms with Gasteiger partial charge in [-0.1, -0.05) is 0 Å². The van der Waals surface area contributed by atoms with E-state index in [1.165, 1.54) is 0 Å². The number of carbonyl (C=O) groups excluding carboxylic acids is 2. The maximum Gasteiger partial charge on any atom is 0.409 e. The molecule has 0 saturated carbocycles. The normalized spacial score (nSPS) is 9.20. The zero-order chi connectivity index (χ0) is 7.98. The highest BCUT2D eigenvalue weighted by molar-refractivity contribution is 5.66. The summed E-state index contributed by atoms with van der Waals surface area (Å²) < 4.78 is 8.04. The van der Waals surface area contributed by atoms with Crippen LogP contribution >= 0.6 is 0 Å². The van der Waals surface area contributed by atoms with E-state index in [9.17, 15) is 9.59 Å². The van der Waals surface area contributed by atoms with E-state index in [0.29, 0.717) is 0 Å². The van der Waals surface area contributed by atoms with E-state index in [-0.39, 0.29) is 0 Å². The molecule has 0 aromatic carbocycles. The topological polar surface area (TPSA) is 105 Å². The molecule has 0 fully saturated rings. The number of rotatable bonds is 2. The van der Waals surface area contributed by atoms with Crippen molar-refractivity contribution >= 4 is 12.2 Å². The minimum atomic E-state index is -0.996. The van der Waals surface area contributed by atoms with Crippen molar-refractivity contribution in [3.63, 3.8) is 0 Å². The molecule has 0 aliphatic carbocycles. The third-order valence-corrected chi connectivity index (χ3v) is 0.424. The molecule has 0 spiro atoms. The Labute approximate surface area is 56.4 Å². The van der Waals surface area contributed by atoms with Crippen molar-refractivity contribution < 1.29 is 19.1 Å². The van der Waals surface area contributed by atoms with Crippen LogP contribution < -0.4 is 11.5 Å². The van der Waals surface area contributed by atoms with Gasteiger partial charge < -0.3 is 20.9 Å². The smallest absolute Gasteiger partial charge is 0.409 e. The lowest BCUT2D eigenvalue weighted by atomic mass is 11.0. The van der Waals surface area contributed by atoms with Crippen molar-refractivity contribution in [3.05, 3.63) is 12.5 Å². The third kappa shape index (κ3) is 6.28. The average molecular weight is 146 g/mol. The summed E-state index contributed by atoms with van der Waals surface area (Å²) in [5, 5.41) is 0. The summed E-state index contributed by atoms with van der Waals surface area (Å²) in [6.07, 6.45) is -0.395.